The van der Waals surface area contributed by atoms with Crippen molar-refractivity contribution in [1.29, 1.82) is 0 Å². The van der Waals surface area contributed by atoms with Gasteiger partial charge < -0.3 is 24.2 Å². The summed E-state index contributed by atoms with van der Waals surface area (Å²) in [6.45, 7) is 3.37. The highest BCUT2D eigenvalue weighted by atomic mass is 16.5. The second-order valence-electron chi connectivity index (χ2n) is 8.75. The number of rotatable bonds is 6. The van der Waals surface area contributed by atoms with Crippen LogP contribution in [0.15, 0.2) is 79.0 Å². The van der Waals surface area contributed by atoms with Crippen molar-refractivity contribution in [3.8, 4) is 11.5 Å². The molecular formula is C29H30N4O3. The highest BCUT2D eigenvalue weighted by molar-refractivity contribution is 6.15. The summed E-state index contributed by atoms with van der Waals surface area (Å²) in [5.74, 6) is 2.45. The number of carbonyl (C=O) groups excluding carboxylic acids is 1. The van der Waals surface area contributed by atoms with E-state index in [0.717, 1.165) is 65.6 Å². The maximum Gasteiger partial charge on any atom is 0.260 e. The smallest absolute Gasteiger partial charge is 0.260 e. The molecule has 4 aromatic rings. The number of nitrogens with zero attached hydrogens (tertiary/aromatic N) is 4. The van der Waals surface area contributed by atoms with E-state index in [1.54, 1.807) is 32.4 Å². The van der Waals surface area contributed by atoms with Gasteiger partial charge in [0.15, 0.2) is 0 Å². The first kappa shape index (κ1) is 23.5. The molecule has 36 heavy (non-hydrogen) atoms. The summed E-state index contributed by atoms with van der Waals surface area (Å²) in [4.78, 5) is 24.6. The first-order chi connectivity index (χ1) is 17.6. The van der Waals surface area contributed by atoms with Crippen LogP contribution in [0.3, 0.4) is 0 Å². The topological polar surface area (TPSA) is 58.1 Å². The number of hydrogen-bond acceptors (Lipinski definition) is 6. The zero-order valence-electron chi connectivity index (χ0n) is 20.8. The van der Waals surface area contributed by atoms with Gasteiger partial charge in [-0.25, -0.2) is 4.98 Å². The van der Waals surface area contributed by atoms with E-state index >= 15 is 0 Å². The van der Waals surface area contributed by atoms with Crippen molar-refractivity contribution in [1.82, 2.24) is 4.98 Å². The van der Waals surface area contributed by atoms with Crippen LogP contribution in [0.1, 0.15) is 10.4 Å². The van der Waals surface area contributed by atoms with Crippen LogP contribution < -0.4 is 24.2 Å². The molecule has 1 amide bonds. The van der Waals surface area contributed by atoms with Crippen molar-refractivity contribution in [2.75, 3.05) is 62.1 Å². The minimum Gasteiger partial charge on any atom is -0.497 e. The Morgan fingerprint density at radius 1 is 0.806 bits per heavy atom. The molecule has 7 heteroatoms. The number of piperazine rings is 1. The summed E-state index contributed by atoms with van der Waals surface area (Å²) in [5.41, 5.74) is 2.49. The lowest BCUT2D eigenvalue weighted by atomic mass is 10.0. The number of hydrogen-bond donors (Lipinski definition) is 0. The molecule has 3 aromatic carbocycles. The number of methoxy groups -OCH3 is 2. The van der Waals surface area contributed by atoms with Crippen molar-refractivity contribution >= 4 is 33.9 Å². The van der Waals surface area contributed by atoms with Gasteiger partial charge in [-0.1, -0.05) is 36.4 Å². The van der Waals surface area contributed by atoms with Crippen molar-refractivity contribution in [3.63, 3.8) is 0 Å². The average Bonchev–Trinajstić information content (AvgIpc) is 2.96. The molecule has 0 bridgehead atoms. The summed E-state index contributed by atoms with van der Waals surface area (Å²) in [5, 5.41) is 1.89. The van der Waals surface area contributed by atoms with Crippen LogP contribution in [0, 0.1) is 0 Å². The predicted octanol–water partition coefficient (Wildman–Crippen LogP) is 4.86. The third-order valence-corrected chi connectivity index (χ3v) is 6.77. The lowest BCUT2D eigenvalue weighted by molar-refractivity contribution is 0.0994. The summed E-state index contributed by atoms with van der Waals surface area (Å²) in [7, 11) is 5.12. The average molecular weight is 483 g/mol. The molecule has 0 aliphatic carbocycles. The second kappa shape index (κ2) is 10.2. The van der Waals surface area contributed by atoms with Gasteiger partial charge in [-0.2, -0.15) is 0 Å². The van der Waals surface area contributed by atoms with Crippen LogP contribution in [0.5, 0.6) is 11.5 Å². The highest BCUT2D eigenvalue weighted by Gasteiger charge is 2.24. The molecule has 2 heterocycles. The zero-order valence-corrected chi connectivity index (χ0v) is 20.8. The maximum atomic E-state index is 13.5. The molecule has 184 valence electrons. The molecule has 0 unspecified atom stereocenters. The monoisotopic (exact) mass is 482 g/mol. The van der Waals surface area contributed by atoms with E-state index in [-0.39, 0.29) is 5.91 Å². The first-order valence-corrected chi connectivity index (χ1v) is 12.0. The third-order valence-electron chi connectivity index (χ3n) is 6.77. The fourth-order valence-corrected chi connectivity index (χ4v) is 4.75. The SMILES string of the molecule is COc1ccc(N(C)C(=O)c2cnc(N3CCN(c4ccccc4OC)CC3)c3ccccc23)cc1. The normalized spacial score (nSPS) is 13.5. The molecule has 0 atom stereocenters. The number of ether oxygens (including phenoxy) is 2. The molecule has 1 aliphatic rings. The van der Waals surface area contributed by atoms with E-state index in [0.29, 0.717) is 5.56 Å². The van der Waals surface area contributed by atoms with Gasteiger partial charge in [0.1, 0.15) is 17.3 Å². The largest absolute Gasteiger partial charge is 0.497 e. The zero-order chi connectivity index (χ0) is 25.1. The fourth-order valence-electron chi connectivity index (χ4n) is 4.75. The summed E-state index contributed by atoms with van der Waals surface area (Å²) in [6.07, 6.45) is 1.71. The van der Waals surface area contributed by atoms with Crippen LogP contribution in [-0.4, -0.2) is 58.3 Å². The van der Waals surface area contributed by atoms with Gasteiger partial charge in [0.2, 0.25) is 0 Å². The van der Waals surface area contributed by atoms with Gasteiger partial charge in [-0.3, -0.25) is 4.79 Å². The molecule has 0 N–H and O–H groups in total. The lowest BCUT2D eigenvalue weighted by Gasteiger charge is -2.37. The van der Waals surface area contributed by atoms with Crippen molar-refractivity contribution < 1.29 is 14.3 Å². The van der Waals surface area contributed by atoms with Gasteiger partial charge >= 0.3 is 0 Å². The Morgan fingerprint density at radius 2 is 1.44 bits per heavy atom. The second-order valence-corrected chi connectivity index (χ2v) is 8.75. The van der Waals surface area contributed by atoms with E-state index in [2.05, 4.69) is 21.9 Å². The van der Waals surface area contributed by atoms with E-state index < -0.39 is 0 Å². The van der Waals surface area contributed by atoms with Gasteiger partial charge in [-0.15, -0.1) is 0 Å². The molecular weight excluding hydrogens is 452 g/mol. The molecule has 0 spiro atoms. The quantitative estimate of drug-likeness (QED) is 0.391. The van der Waals surface area contributed by atoms with Gasteiger partial charge in [0.25, 0.3) is 5.91 Å². The molecule has 1 saturated heterocycles. The minimum absolute atomic E-state index is 0.101. The van der Waals surface area contributed by atoms with Crippen LogP contribution in [0.4, 0.5) is 17.2 Å². The maximum absolute atomic E-state index is 13.5. The number of anilines is 3. The molecule has 1 aromatic heterocycles. The van der Waals surface area contributed by atoms with Gasteiger partial charge in [0, 0.05) is 50.5 Å². The number of para-hydroxylation sites is 2. The van der Waals surface area contributed by atoms with E-state index in [1.807, 2.05) is 60.7 Å². The fraction of sp³-hybridized carbons (Fsp3) is 0.241. The molecule has 0 radical (unpaired) electrons. The predicted molar refractivity (Wildman–Crippen MR) is 145 cm³/mol. The molecule has 0 saturated carbocycles. The van der Waals surface area contributed by atoms with E-state index in [9.17, 15) is 4.79 Å². The van der Waals surface area contributed by atoms with Crippen LogP contribution in [0.2, 0.25) is 0 Å². The summed E-state index contributed by atoms with van der Waals surface area (Å²) in [6, 6.07) is 23.6. The molecule has 1 fully saturated rings. The molecule has 5 rings (SSSR count). The van der Waals surface area contributed by atoms with Crippen LogP contribution in [0.25, 0.3) is 10.8 Å². The van der Waals surface area contributed by atoms with Crippen molar-refractivity contribution in [3.05, 3.63) is 84.6 Å². The Kier molecular flexibility index (Phi) is 6.62. The molecule has 7 nitrogen and oxygen atoms in total. The van der Waals surface area contributed by atoms with Crippen molar-refractivity contribution in [2.45, 2.75) is 0 Å². The van der Waals surface area contributed by atoms with E-state index in [1.165, 1.54) is 0 Å². The number of fused-ring (bicyclic) bond motifs is 1. The third kappa shape index (κ3) is 4.40. The van der Waals surface area contributed by atoms with Gasteiger partial charge in [0.05, 0.1) is 25.5 Å². The van der Waals surface area contributed by atoms with Crippen LogP contribution in [-0.2, 0) is 0 Å². The Balaban J connectivity index is 1.39. The summed E-state index contributed by atoms with van der Waals surface area (Å²) < 4.78 is 10.8. The first-order valence-electron chi connectivity index (χ1n) is 12.0. The van der Waals surface area contributed by atoms with Crippen LogP contribution >= 0.6 is 0 Å². The minimum atomic E-state index is -0.101. The number of amides is 1. The Hall–Kier alpha value is -4.26. The van der Waals surface area contributed by atoms with Gasteiger partial charge in [-0.05, 0) is 41.8 Å². The Labute approximate surface area is 211 Å². The van der Waals surface area contributed by atoms with Crippen molar-refractivity contribution in [2.24, 2.45) is 0 Å². The number of pyridine rings is 1. The lowest BCUT2D eigenvalue weighted by Crippen LogP contribution is -2.47. The molecule has 1 aliphatic heterocycles. The highest BCUT2D eigenvalue weighted by Crippen LogP contribution is 2.32. The number of aromatic nitrogens is 1. The standard InChI is InChI=1S/C29H30N4O3/c1-31(21-12-14-22(35-2)15-13-21)29(34)25-20-30-28(24-9-5-4-8-23(24)25)33-18-16-32(17-19-33)26-10-6-7-11-27(26)36-3/h4-15,20H,16-19H2,1-3H3. The summed E-state index contributed by atoms with van der Waals surface area (Å²) >= 11 is 0. The Morgan fingerprint density at radius 3 is 2.14 bits per heavy atom. The Bertz CT molecular complexity index is 1360. The number of benzene rings is 3. The van der Waals surface area contributed by atoms with E-state index in [4.69, 9.17) is 14.5 Å². The number of carbonyl (C=O) groups is 1.